The number of benzene rings is 1. The maximum atomic E-state index is 6.32. The van der Waals surface area contributed by atoms with Crippen molar-refractivity contribution in [2.75, 3.05) is 13.2 Å². The Balaban J connectivity index is 2.21. The first-order valence-corrected chi connectivity index (χ1v) is 5.55. The summed E-state index contributed by atoms with van der Waals surface area (Å²) in [6.45, 7) is 6.85. The van der Waals surface area contributed by atoms with Gasteiger partial charge < -0.3 is 15.2 Å². The van der Waals surface area contributed by atoms with Crippen LogP contribution in [0.5, 0.6) is 0 Å². The molecule has 1 aromatic carbocycles. The average Bonchev–Trinajstić information content (AvgIpc) is 2.23. The molecule has 0 bridgehead atoms. The van der Waals surface area contributed by atoms with E-state index in [2.05, 4.69) is 19.1 Å². The molecule has 16 heavy (non-hydrogen) atoms. The minimum atomic E-state index is -0.526. The van der Waals surface area contributed by atoms with E-state index < -0.39 is 11.3 Å². The van der Waals surface area contributed by atoms with Crippen LogP contribution in [0, 0.1) is 6.92 Å². The van der Waals surface area contributed by atoms with Crippen LogP contribution >= 0.6 is 0 Å². The molecular weight excluding hydrogens is 202 g/mol. The van der Waals surface area contributed by atoms with Crippen molar-refractivity contribution in [2.24, 2.45) is 5.73 Å². The summed E-state index contributed by atoms with van der Waals surface area (Å²) in [6, 6.07) is 8.18. The highest BCUT2D eigenvalue weighted by atomic mass is 16.7. The van der Waals surface area contributed by atoms with Crippen LogP contribution in [0.4, 0.5) is 0 Å². The van der Waals surface area contributed by atoms with Crippen LogP contribution in [0.25, 0.3) is 0 Å². The van der Waals surface area contributed by atoms with E-state index in [1.165, 1.54) is 5.56 Å². The zero-order valence-corrected chi connectivity index (χ0v) is 10.1. The normalized spacial score (nSPS) is 23.0. The maximum Gasteiger partial charge on any atom is 0.162 e. The van der Waals surface area contributed by atoms with E-state index in [0.717, 1.165) is 5.56 Å². The first kappa shape index (κ1) is 11.6. The van der Waals surface area contributed by atoms with Crippen LogP contribution in [0.2, 0.25) is 0 Å². The van der Waals surface area contributed by atoms with E-state index in [1.54, 1.807) is 0 Å². The second-order valence-electron chi connectivity index (χ2n) is 5.00. The second-order valence-corrected chi connectivity index (χ2v) is 5.00. The van der Waals surface area contributed by atoms with Gasteiger partial charge in [0.2, 0.25) is 0 Å². The predicted octanol–water partition coefficient (Wildman–Crippen LogP) is 1.93. The van der Waals surface area contributed by atoms with Crippen LogP contribution in [0.15, 0.2) is 24.3 Å². The number of hydrogen-bond acceptors (Lipinski definition) is 3. The van der Waals surface area contributed by atoms with E-state index in [4.69, 9.17) is 15.2 Å². The molecule has 1 aliphatic rings. The van der Waals surface area contributed by atoms with Gasteiger partial charge in [-0.05, 0) is 26.3 Å². The number of aryl methyl sites for hydroxylation is 1. The predicted molar refractivity (Wildman–Crippen MR) is 63.0 cm³/mol. The molecule has 0 unspecified atom stereocenters. The molecule has 1 fully saturated rings. The van der Waals surface area contributed by atoms with Crippen LogP contribution < -0.4 is 5.73 Å². The number of hydrogen-bond donors (Lipinski definition) is 1. The van der Waals surface area contributed by atoms with Crippen LogP contribution in [-0.4, -0.2) is 19.0 Å². The molecule has 0 aliphatic carbocycles. The zero-order chi connectivity index (χ0) is 11.8. The van der Waals surface area contributed by atoms with E-state index in [9.17, 15) is 0 Å². The molecule has 2 N–H and O–H groups in total. The molecule has 3 heteroatoms. The lowest BCUT2D eigenvalue weighted by Crippen LogP contribution is -2.54. The zero-order valence-electron chi connectivity index (χ0n) is 10.1. The maximum absolute atomic E-state index is 6.32. The SMILES string of the molecule is Cc1cccc(C2(N)COC(C)(C)OC2)c1. The van der Waals surface area contributed by atoms with Crippen LogP contribution in [0.1, 0.15) is 25.0 Å². The molecule has 0 aromatic heterocycles. The lowest BCUT2D eigenvalue weighted by atomic mass is 9.90. The van der Waals surface area contributed by atoms with Gasteiger partial charge in [0.05, 0.1) is 18.8 Å². The van der Waals surface area contributed by atoms with Gasteiger partial charge in [-0.2, -0.15) is 0 Å². The molecule has 3 nitrogen and oxygen atoms in total. The molecule has 0 radical (unpaired) electrons. The van der Waals surface area contributed by atoms with Crippen LogP contribution in [-0.2, 0) is 15.0 Å². The van der Waals surface area contributed by atoms with Crippen molar-refractivity contribution in [2.45, 2.75) is 32.1 Å². The van der Waals surface area contributed by atoms with Crippen molar-refractivity contribution >= 4 is 0 Å². The largest absolute Gasteiger partial charge is 0.348 e. The number of nitrogens with two attached hydrogens (primary N) is 1. The van der Waals surface area contributed by atoms with Crippen molar-refractivity contribution in [1.82, 2.24) is 0 Å². The van der Waals surface area contributed by atoms with Crippen LogP contribution in [0.3, 0.4) is 0 Å². The van der Waals surface area contributed by atoms with Gasteiger partial charge in [0.1, 0.15) is 0 Å². The molecule has 1 heterocycles. The molecule has 0 atom stereocenters. The first-order chi connectivity index (χ1) is 7.41. The second kappa shape index (κ2) is 3.84. The fraction of sp³-hybridized carbons (Fsp3) is 0.538. The van der Waals surface area contributed by atoms with Crippen molar-refractivity contribution in [3.63, 3.8) is 0 Å². The first-order valence-electron chi connectivity index (χ1n) is 5.55. The lowest BCUT2D eigenvalue weighted by Gasteiger charge is -2.41. The van der Waals surface area contributed by atoms with Gasteiger partial charge in [-0.1, -0.05) is 29.8 Å². The van der Waals surface area contributed by atoms with Gasteiger partial charge in [-0.25, -0.2) is 0 Å². The molecule has 1 aromatic rings. The fourth-order valence-corrected chi connectivity index (χ4v) is 1.81. The quantitative estimate of drug-likeness (QED) is 0.788. The highest BCUT2D eigenvalue weighted by Gasteiger charge is 2.38. The number of rotatable bonds is 1. The minimum Gasteiger partial charge on any atom is -0.348 e. The Morgan fingerprint density at radius 1 is 1.19 bits per heavy atom. The minimum absolute atomic E-state index is 0.490. The van der Waals surface area contributed by atoms with E-state index in [1.807, 2.05) is 26.0 Å². The van der Waals surface area contributed by atoms with E-state index in [0.29, 0.717) is 13.2 Å². The summed E-state index contributed by atoms with van der Waals surface area (Å²) in [5.74, 6) is -0.521. The van der Waals surface area contributed by atoms with Gasteiger partial charge in [-0.3, -0.25) is 0 Å². The summed E-state index contributed by atoms with van der Waals surface area (Å²) in [7, 11) is 0. The molecule has 0 amide bonds. The summed E-state index contributed by atoms with van der Waals surface area (Å²) in [5, 5.41) is 0. The Hall–Kier alpha value is -0.900. The Kier molecular flexibility index (Phi) is 2.78. The van der Waals surface area contributed by atoms with Gasteiger partial charge >= 0.3 is 0 Å². The smallest absolute Gasteiger partial charge is 0.162 e. The summed E-state index contributed by atoms with van der Waals surface area (Å²) < 4.78 is 11.3. The Morgan fingerprint density at radius 3 is 2.38 bits per heavy atom. The van der Waals surface area contributed by atoms with Gasteiger partial charge in [0.25, 0.3) is 0 Å². The fourth-order valence-electron chi connectivity index (χ4n) is 1.81. The Morgan fingerprint density at radius 2 is 1.81 bits per heavy atom. The molecular formula is C13H19NO2. The Bertz CT molecular complexity index is 377. The molecule has 1 saturated heterocycles. The Labute approximate surface area is 96.5 Å². The van der Waals surface area contributed by atoms with Crippen molar-refractivity contribution < 1.29 is 9.47 Å². The monoisotopic (exact) mass is 221 g/mol. The van der Waals surface area contributed by atoms with Gasteiger partial charge in [-0.15, -0.1) is 0 Å². The third-order valence-corrected chi connectivity index (χ3v) is 2.95. The average molecular weight is 221 g/mol. The van der Waals surface area contributed by atoms with E-state index in [-0.39, 0.29) is 0 Å². The van der Waals surface area contributed by atoms with Gasteiger partial charge in [0.15, 0.2) is 5.79 Å². The molecule has 2 rings (SSSR count). The van der Waals surface area contributed by atoms with Crippen molar-refractivity contribution in [3.05, 3.63) is 35.4 Å². The van der Waals surface area contributed by atoms with Gasteiger partial charge in [0, 0.05) is 0 Å². The third kappa shape index (κ3) is 2.26. The number of ether oxygens (including phenoxy) is 2. The van der Waals surface area contributed by atoms with Crippen molar-refractivity contribution in [3.8, 4) is 0 Å². The summed E-state index contributed by atoms with van der Waals surface area (Å²) in [4.78, 5) is 0. The standard InChI is InChI=1S/C13H19NO2/c1-10-5-4-6-11(7-10)13(14)8-15-12(2,3)16-9-13/h4-7H,8-9,14H2,1-3H3. The molecule has 88 valence electrons. The molecule has 0 spiro atoms. The topological polar surface area (TPSA) is 44.5 Å². The molecule has 1 aliphatic heterocycles. The summed E-state index contributed by atoms with van der Waals surface area (Å²) in [5.41, 5.74) is 8.07. The highest BCUT2D eigenvalue weighted by molar-refractivity contribution is 5.29. The highest BCUT2D eigenvalue weighted by Crippen LogP contribution is 2.29. The lowest BCUT2D eigenvalue weighted by molar-refractivity contribution is -0.268. The summed E-state index contributed by atoms with van der Waals surface area (Å²) in [6.07, 6.45) is 0. The van der Waals surface area contributed by atoms with E-state index >= 15 is 0 Å². The summed E-state index contributed by atoms with van der Waals surface area (Å²) >= 11 is 0. The third-order valence-electron chi connectivity index (χ3n) is 2.95. The molecule has 0 saturated carbocycles. The van der Waals surface area contributed by atoms with Crippen molar-refractivity contribution in [1.29, 1.82) is 0 Å².